The highest BCUT2D eigenvalue weighted by Gasteiger charge is 2.36. The average Bonchev–Trinajstić information content (AvgIpc) is 2.04. The van der Waals surface area contributed by atoms with Crippen molar-refractivity contribution in [3.05, 3.63) is 0 Å². The first kappa shape index (κ1) is 10.9. The van der Waals surface area contributed by atoms with E-state index >= 15 is 0 Å². The molecular formula is C9H17NO2S. The molecule has 0 aromatic rings. The molecule has 1 saturated carbocycles. The highest BCUT2D eigenvalue weighted by molar-refractivity contribution is 8.00. The molecule has 4 heteroatoms. The molecule has 13 heavy (non-hydrogen) atoms. The van der Waals surface area contributed by atoms with Crippen LogP contribution in [0.1, 0.15) is 19.3 Å². The summed E-state index contributed by atoms with van der Waals surface area (Å²) in [7, 11) is 1.53. The number of amides is 1. The fourth-order valence-corrected chi connectivity index (χ4v) is 2.38. The summed E-state index contributed by atoms with van der Waals surface area (Å²) < 4.78 is 5.06. The molecule has 0 aromatic heterocycles. The zero-order valence-electron chi connectivity index (χ0n) is 8.26. The molecule has 1 rings (SSSR count). The zero-order valence-corrected chi connectivity index (χ0v) is 9.08. The second-order valence-electron chi connectivity index (χ2n) is 3.45. The van der Waals surface area contributed by atoms with Crippen molar-refractivity contribution in [3.63, 3.8) is 0 Å². The van der Waals surface area contributed by atoms with Gasteiger partial charge in [-0.2, -0.15) is 11.8 Å². The Balaban J connectivity index is 2.20. The minimum absolute atomic E-state index is 0.0113. The smallest absolute Gasteiger partial charge is 0.246 e. The Hall–Kier alpha value is -0.220. The maximum Gasteiger partial charge on any atom is 0.246 e. The Morgan fingerprint density at radius 1 is 1.62 bits per heavy atom. The third-order valence-electron chi connectivity index (χ3n) is 2.58. The minimum atomic E-state index is -0.0113. The highest BCUT2D eigenvalue weighted by atomic mass is 32.2. The molecule has 0 unspecified atom stereocenters. The van der Waals surface area contributed by atoms with Crippen molar-refractivity contribution in [3.8, 4) is 0 Å². The van der Waals surface area contributed by atoms with Gasteiger partial charge in [-0.25, -0.2) is 0 Å². The van der Waals surface area contributed by atoms with Crippen molar-refractivity contribution in [2.24, 2.45) is 0 Å². The fraction of sp³-hybridized carbons (Fsp3) is 0.889. The molecule has 76 valence electrons. The molecule has 0 aromatic carbocycles. The largest absolute Gasteiger partial charge is 0.375 e. The SMILES string of the molecule is COCC(=O)NCC1(SC)CCC1. The molecule has 1 amide bonds. The van der Waals surface area contributed by atoms with Gasteiger partial charge in [-0.1, -0.05) is 6.42 Å². The first-order valence-electron chi connectivity index (χ1n) is 4.53. The van der Waals surface area contributed by atoms with Crippen molar-refractivity contribution < 1.29 is 9.53 Å². The van der Waals surface area contributed by atoms with Gasteiger partial charge in [0, 0.05) is 18.4 Å². The quantitative estimate of drug-likeness (QED) is 0.725. The van der Waals surface area contributed by atoms with Crippen LogP contribution in [-0.2, 0) is 9.53 Å². The molecule has 0 aliphatic heterocycles. The Morgan fingerprint density at radius 3 is 2.69 bits per heavy atom. The van der Waals surface area contributed by atoms with E-state index in [4.69, 9.17) is 4.74 Å². The van der Waals surface area contributed by atoms with E-state index in [2.05, 4.69) is 11.6 Å². The molecule has 0 radical (unpaired) electrons. The summed E-state index contributed by atoms with van der Waals surface area (Å²) in [6, 6.07) is 0. The first-order chi connectivity index (χ1) is 6.22. The summed E-state index contributed by atoms with van der Waals surface area (Å²) in [6.07, 6.45) is 5.85. The molecule has 1 aliphatic carbocycles. The summed E-state index contributed by atoms with van der Waals surface area (Å²) >= 11 is 1.86. The number of thioether (sulfide) groups is 1. The maximum absolute atomic E-state index is 11.1. The first-order valence-corrected chi connectivity index (χ1v) is 5.76. The van der Waals surface area contributed by atoms with Crippen LogP contribution in [0.3, 0.4) is 0 Å². The van der Waals surface area contributed by atoms with Crippen LogP contribution in [-0.4, -0.2) is 37.2 Å². The van der Waals surface area contributed by atoms with E-state index in [1.165, 1.54) is 26.4 Å². The van der Waals surface area contributed by atoms with Gasteiger partial charge in [0.2, 0.25) is 5.91 Å². The second kappa shape index (κ2) is 4.86. The molecule has 3 nitrogen and oxygen atoms in total. The van der Waals surface area contributed by atoms with Crippen LogP contribution < -0.4 is 5.32 Å². The molecule has 0 heterocycles. The van der Waals surface area contributed by atoms with Gasteiger partial charge < -0.3 is 10.1 Å². The third-order valence-corrected chi connectivity index (χ3v) is 4.00. The number of rotatable bonds is 5. The van der Waals surface area contributed by atoms with Gasteiger partial charge in [0.05, 0.1) is 0 Å². The molecule has 1 aliphatic rings. The van der Waals surface area contributed by atoms with E-state index < -0.39 is 0 Å². The molecule has 1 fully saturated rings. The number of carbonyl (C=O) groups is 1. The molecule has 0 saturated heterocycles. The van der Waals surface area contributed by atoms with Crippen LogP contribution >= 0.6 is 11.8 Å². The van der Waals surface area contributed by atoms with Crippen molar-refractivity contribution in [1.29, 1.82) is 0 Å². The summed E-state index contributed by atoms with van der Waals surface area (Å²) in [5.74, 6) is -0.0113. The third kappa shape index (κ3) is 2.88. The Kier molecular flexibility index (Phi) is 4.06. The van der Waals surface area contributed by atoms with Crippen LogP contribution in [0.5, 0.6) is 0 Å². The number of methoxy groups -OCH3 is 1. The monoisotopic (exact) mass is 203 g/mol. The lowest BCUT2D eigenvalue weighted by Gasteiger charge is -2.40. The van der Waals surface area contributed by atoms with Crippen molar-refractivity contribution in [1.82, 2.24) is 5.32 Å². The maximum atomic E-state index is 11.1. The highest BCUT2D eigenvalue weighted by Crippen LogP contribution is 2.42. The standard InChI is InChI=1S/C9H17NO2S/c1-12-6-8(11)10-7-9(13-2)4-3-5-9/h3-7H2,1-2H3,(H,10,11). The summed E-state index contributed by atoms with van der Waals surface area (Å²) in [5, 5.41) is 2.89. The Morgan fingerprint density at radius 2 is 2.31 bits per heavy atom. The molecule has 0 spiro atoms. The molecule has 1 N–H and O–H groups in total. The summed E-state index contributed by atoms with van der Waals surface area (Å²) in [4.78, 5) is 11.1. The van der Waals surface area contributed by atoms with Crippen LogP contribution in [0.4, 0.5) is 0 Å². The molecular weight excluding hydrogens is 186 g/mol. The van der Waals surface area contributed by atoms with Gasteiger partial charge in [-0.05, 0) is 19.1 Å². The second-order valence-corrected chi connectivity index (χ2v) is 4.72. The molecule has 0 atom stereocenters. The van der Waals surface area contributed by atoms with Gasteiger partial charge in [0.25, 0.3) is 0 Å². The van der Waals surface area contributed by atoms with Crippen LogP contribution in [0.15, 0.2) is 0 Å². The van der Waals surface area contributed by atoms with Crippen molar-refractivity contribution >= 4 is 17.7 Å². The average molecular weight is 203 g/mol. The lowest BCUT2D eigenvalue weighted by atomic mass is 9.84. The van der Waals surface area contributed by atoms with Gasteiger partial charge in [-0.15, -0.1) is 0 Å². The van der Waals surface area contributed by atoms with Gasteiger partial charge in [-0.3, -0.25) is 4.79 Å². The van der Waals surface area contributed by atoms with Crippen LogP contribution in [0.2, 0.25) is 0 Å². The lowest BCUT2D eigenvalue weighted by Crippen LogP contribution is -2.45. The number of hydrogen-bond donors (Lipinski definition) is 1. The fourth-order valence-electron chi connectivity index (χ4n) is 1.47. The van der Waals surface area contributed by atoms with Crippen LogP contribution in [0, 0.1) is 0 Å². The van der Waals surface area contributed by atoms with Gasteiger partial charge in [0.15, 0.2) is 0 Å². The van der Waals surface area contributed by atoms with Crippen molar-refractivity contribution in [2.45, 2.75) is 24.0 Å². The lowest BCUT2D eigenvalue weighted by molar-refractivity contribution is -0.124. The predicted molar refractivity (Wildman–Crippen MR) is 55.0 cm³/mol. The Labute approximate surface area is 83.6 Å². The zero-order chi connectivity index (χ0) is 9.73. The summed E-state index contributed by atoms with van der Waals surface area (Å²) in [6.45, 7) is 0.959. The number of hydrogen-bond acceptors (Lipinski definition) is 3. The molecule has 0 bridgehead atoms. The van der Waals surface area contributed by atoms with E-state index in [1.807, 2.05) is 11.8 Å². The number of carbonyl (C=O) groups excluding carboxylic acids is 1. The topological polar surface area (TPSA) is 38.3 Å². The van der Waals surface area contributed by atoms with Crippen molar-refractivity contribution in [2.75, 3.05) is 26.5 Å². The van der Waals surface area contributed by atoms with Gasteiger partial charge in [0.1, 0.15) is 6.61 Å². The van der Waals surface area contributed by atoms with E-state index in [9.17, 15) is 4.79 Å². The number of ether oxygens (including phenoxy) is 1. The summed E-state index contributed by atoms with van der Waals surface area (Å²) in [5.41, 5.74) is 0. The number of nitrogens with one attached hydrogen (secondary N) is 1. The van der Waals surface area contributed by atoms with E-state index in [0.29, 0.717) is 4.75 Å². The van der Waals surface area contributed by atoms with E-state index in [0.717, 1.165) is 6.54 Å². The van der Waals surface area contributed by atoms with Gasteiger partial charge >= 0.3 is 0 Å². The minimum Gasteiger partial charge on any atom is -0.375 e. The van der Waals surface area contributed by atoms with E-state index in [-0.39, 0.29) is 12.5 Å². The predicted octanol–water partition coefficient (Wildman–Crippen LogP) is 1.03. The van der Waals surface area contributed by atoms with Crippen LogP contribution in [0.25, 0.3) is 0 Å². The Bertz CT molecular complexity index is 175. The van der Waals surface area contributed by atoms with E-state index in [1.54, 1.807) is 0 Å². The normalized spacial score (nSPS) is 19.2.